The molecule has 0 spiro atoms. The summed E-state index contributed by atoms with van der Waals surface area (Å²) in [6.07, 6.45) is 0. The van der Waals surface area contributed by atoms with Crippen LogP contribution >= 0.6 is 0 Å². The Morgan fingerprint density at radius 2 is 1.81 bits per heavy atom. The van der Waals surface area contributed by atoms with Gasteiger partial charge in [0.2, 0.25) is 0 Å². The molecule has 0 saturated heterocycles. The molecular weight excluding hydrogens is 270 g/mol. The highest BCUT2D eigenvalue weighted by atomic mass is 16.2. The van der Waals surface area contributed by atoms with Gasteiger partial charge in [0.15, 0.2) is 0 Å². The van der Waals surface area contributed by atoms with E-state index in [0.717, 1.165) is 12.7 Å². The van der Waals surface area contributed by atoms with Crippen LogP contribution in [0.1, 0.15) is 25.5 Å². The lowest BCUT2D eigenvalue weighted by Crippen LogP contribution is -2.36. The number of aliphatic hydroxyl groups is 1. The van der Waals surface area contributed by atoms with Crippen LogP contribution < -0.4 is 16.6 Å². The van der Waals surface area contributed by atoms with Gasteiger partial charge in [0, 0.05) is 25.8 Å². The highest BCUT2D eigenvalue weighted by molar-refractivity contribution is 5.33. The van der Waals surface area contributed by atoms with Gasteiger partial charge in [0.1, 0.15) is 5.82 Å². The van der Waals surface area contributed by atoms with Crippen LogP contribution in [0.4, 0.5) is 5.82 Å². The van der Waals surface area contributed by atoms with E-state index in [-0.39, 0.29) is 11.6 Å². The number of H-pyrrole nitrogens is 1. The van der Waals surface area contributed by atoms with Crippen LogP contribution in [0.3, 0.4) is 0 Å². The largest absolute Gasteiger partial charge is 0.400 e. The fraction of sp³-hybridized carbons (Fsp3) is 0.333. The summed E-state index contributed by atoms with van der Waals surface area (Å²) in [6, 6.07) is 11.0. The van der Waals surface area contributed by atoms with E-state index in [1.54, 1.807) is 13.8 Å². The average molecular weight is 291 g/mol. The lowest BCUT2D eigenvalue weighted by Gasteiger charge is -2.10. The van der Waals surface area contributed by atoms with Gasteiger partial charge in [-0.2, -0.15) is 0 Å². The molecule has 0 amide bonds. The molecule has 114 valence electrons. The first kappa shape index (κ1) is 16.7. The molecule has 1 aromatic carbocycles. The zero-order chi connectivity index (χ0) is 15.8. The van der Waals surface area contributed by atoms with Crippen LogP contribution in [-0.2, 0) is 6.54 Å². The highest BCUT2D eigenvalue weighted by Crippen LogP contribution is 2.03. The predicted octanol–water partition coefficient (Wildman–Crippen LogP) is 1.34. The fourth-order valence-electron chi connectivity index (χ4n) is 1.88. The molecule has 1 heterocycles. The van der Waals surface area contributed by atoms with Gasteiger partial charge in [-0.1, -0.05) is 30.3 Å². The standard InChI is InChI=1S/C14H17N3O2.CH4O/c1-10(2)17-13(18)8-12(16-14(17)19)15-9-11-6-4-3-5-7-11;1-2/h3-8,10,15H,9H2,1-2H3,(H,16,19);2H,1H3. The molecule has 6 heteroatoms. The normalized spacial score (nSPS) is 9.95. The third-order valence-corrected chi connectivity index (χ3v) is 2.81. The molecule has 0 unspecified atom stereocenters. The molecule has 0 radical (unpaired) electrons. The van der Waals surface area contributed by atoms with Gasteiger partial charge in [-0.3, -0.25) is 14.3 Å². The van der Waals surface area contributed by atoms with Crippen molar-refractivity contribution < 1.29 is 5.11 Å². The number of hydrogen-bond acceptors (Lipinski definition) is 4. The molecule has 2 aromatic rings. The number of aromatic amines is 1. The van der Waals surface area contributed by atoms with Crippen molar-refractivity contribution in [1.29, 1.82) is 0 Å². The van der Waals surface area contributed by atoms with E-state index in [2.05, 4.69) is 10.3 Å². The summed E-state index contributed by atoms with van der Waals surface area (Å²) in [5.41, 5.74) is 0.392. The van der Waals surface area contributed by atoms with E-state index in [1.165, 1.54) is 10.6 Å². The monoisotopic (exact) mass is 291 g/mol. The molecule has 0 aliphatic carbocycles. The maximum absolute atomic E-state index is 11.8. The summed E-state index contributed by atoms with van der Waals surface area (Å²) >= 11 is 0. The molecule has 0 aliphatic heterocycles. The smallest absolute Gasteiger partial charge is 0.330 e. The van der Waals surface area contributed by atoms with Crippen LogP contribution in [0.25, 0.3) is 0 Å². The number of nitrogens with one attached hydrogen (secondary N) is 2. The van der Waals surface area contributed by atoms with E-state index in [4.69, 9.17) is 5.11 Å². The van der Waals surface area contributed by atoms with E-state index in [0.29, 0.717) is 12.4 Å². The van der Waals surface area contributed by atoms with E-state index in [9.17, 15) is 9.59 Å². The summed E-state index contributed by atoms with van der Waals surface area (Å²) in [5, 5.41) is 10.0. The quantitative estimate of drug-likeness (QED) is 0.793. The second kappa shape index (κ2) is 8.06. The first-order valence-electron chi connectivity index (χ1n) is 6.66. The van der Waals surface area contributed by atoms with Gasteiger partial charge in [-0.25, -0.2) is 4.79 Å². The SMILES string of the molecule is CC(C)n1c(=O)cc(NCc2ccccc2)[nH]c1=O.CO. The highest BCUT2D eigenvalue weighted by Gasteiger charge is 2.07. The molecule has 21 heavy (non-hydrogen) atoms. The molecule has 0 fully saturated rings. The number of aliphatic hydroxyl groups excluding tert-OH is 1. The first-order chi connectivity index (χ1) is 10.1. The summed E-state index contributed by atoms with van der Waals surface area (Å²) in [7, 11) is 1.00. The molecule has 0 atom stereocenters. The number of benzene rings is 1. The van der Waals surface area contributed by atoms with Crippen molar-refractivity contribution in [2.75, 3.05) is 12.4 Å². The van der Waals surface area contributed by atoms with Gasteiger partial charge in [0.25, 0.3) is 5.56 Å². The van der Waals surface area contributed by atoms with Crippen molar-refractivity contribution >= 4 is 5.82 Å². The van der Waals surface area contributed by atoms with Gasteiger partial charge >= 0.3 is 5.69 Å². The number of anilines is 1. The van der Waals surface area contributed by atoms with Crippen LogP contribution in [-0.4, -0.2) is 21.8 Å². The topological polar surface area (TPSA) is 87.1 Å². The molecular formula is C15H21N3O3. The Labute approximate surface area is 123 Å². The Morgan fingerprint density at radius 1 is 1.19 bits per heavy atom. The van der Waals surface area contributed by atoms with Crippen molar-refractivity contribution in [2.24, 2.45) is 0 Å². The molecule has 6 nitrogen and oxygen atoms in total. The zero-order valence-electron chi connectivity index (χ0n) is 12.5. The Morgan fingerprint density at radius 3 is 2.33 bits per heavy atom. The van der Waals surface area contributed by atoms with Crippen LogP contribution in [0, 0.1) is 0 Å². The minimum atomic E-state index is -0.391. The number of aromatic nitrogens is 2. The lowest BCUT2D eigenvalue weighted by atomic mass is 10.2. The third-order valence-electron chi connectivity index (χ3n) is 2.81. The van der Waals surface area contributed by atoms with Gasteiger partial charge in [-0.15, -0.1) is 0 Å². The Hall–Kier alpha value is -2.34. The minimum Gasteiger partial charge on any atom is -0.400 e. The minimum absolute atomic E-state index is 0.153. The molecule has 0 aliphatic rings. The van der Waals surface area contributed by atoms with E-state index in [1.807, 2.05) is 30.3 Å². The summed E-state index contributed by atoms with van der Waals surface area (Å²) in [6.45, 7) is 4.16. The number of hydrogen-bond donors (Lipinski definition) is 3. The number of nitrogens with zero attached hydrogens (tertiary/aromatic N) is 1. The van der Waals surface area contributed by atoms with Gasteiger partial charge in [-0.05, 0) is 19.4 Å². The van der Waals surface area contributed by atoms with Crippen LogP contribution in [0.15, 0.2) is 46.0 Å². The lowest BCUT2D eigenvalue weighted by molar-refractivity contribution is 0.399. The Bertz CT molecular complexity index is 629. The van der Waals surface area contributed by atoms with Crippen molar-refractivity contribution in [3.63, 3.8) is 0 Å². The van der Waals surface area contributed by atoms with E-state index >= 15 is 0 Å². The van der Waals surface area contributed by atoms with Crippen molar-refractivity contribution in [1.82, 2.24) is 9.55 Å². The molecule has 3 N–H and O–H groups in total. The molecule has 0 saturated carbocycles. The van der Waals surface area contributed by atoms with Crippen molar-refractivity contribution in [3.8, 4) is 0 Å². The second-order valence-corrected chi connectivity index (χ2v) is 4.63. The summed E-state index contributed by atoms with van der Waals surface area (Å²) < 4.78 is 1.19. The molecule has 2 rings (SSSR count). The van der Waals surface area contributed by atoms with Crippen LogP contribution in [0.5, 0.6) is 0 Å². The first-order valence-corrected chi connectivity index (χ1v) is 6.66. The van der Waals surface area contributed by atoms with Crippen LogP contribution in [0.2, 0.25) is 0 Å². The Balaban J connectivity index is 0.00000106. The van der Waals surface area contributed by atoms with Gasteiger partial charge < -0.3 is 10.4 Å². The fourth-order valence-corrected chi connectivity index (χ4v) is 1.88. The maximum Gasteiger partial charge on any atom is 0.330 e. The van der Waals surface area contributed by atoms with E-state index < -0.39 is 5.69 Å². The van der Waals surface area contributed by atoms with Gasteiger partial charge in [0.05, 0.1) is 0 Å². The summed E-state index contributed by atoms with van der Waals surface area (Å²) in [5.74, 6) is 0.441. The Kier molecular flexibility index (Phi) is 6.42. The second-order valence-electron chi connectivity index (χ2n) is 4.63. The average Bonchev–Trinajstić information content (AvgIpc) is 2.47. The number of rotatable bonds is 4. The zero-order valence-corrected chi connectivity index (χ0v) is 12.5. The van der Waals surface area contributed by atoms with Crippen molar-refractivity contribution in [2.45, 2.75) is 26.4 Å². The predicted molar refractivity (Wildman–Crippen MR) is 83.6 cm³/mol. The molecule has 1 aromatic heterocycles. The summed E-state index contributed by atoms with van der Waals surface area (Å²) in [4.78, 5) is 26.3. The third kappa shape index (κ3) is 4.61. The molecule has 0 bridgehead atoms. The van der Waals surface area contributed by atoms with Crippen molar-refractivity contribution in [3.05, 3.63) is 62.8 Å². The maximum atomic E-state index is 11.8.